The summed E-state index contributed by atoms with van der Waals surface area (Å²) in [6.07, 6.45) is 0. The summed E-state index contributed by atoms with van der Waals surface area (Å²) in [5, 5.41) is 0.651. The summed E-state index contributed by atoms with van der Waals surface area (Å²) in [4.78, 5) is 4.10. The summed E-state index contributed by atoms with van der Waals surface area (Å²) in [7, 11) is -3.68. The molecule has 0 saturated carbocycles. The number of rotatable bonds is 3. The highest BCUT2D eigenvalue weighted by Crippen LogP contribution is 2.25. The van der Waals surface area contributed by atoms with Crippen molar-refractivity contribution in [1.82, 2.24) is 9.36 Å². The fourth-order valence-corrected chi connectivity index (χ4v) is 3.68. The predicted molar refractivity (Wildman–Crippen MR) is 71.6 cm³/mol. The molecule has 1 heterocycles. The molecule has 0 aliphatic heterocycles. The molecule has 0 bridgehead atoms. The van der Waals surface area contributed by atoms with Crippen LogP contribution in [0.2, 0.25) is 5.02 Å². The van der Waals surface area contributed by atoms with Gasteiger partial charge in [-0.2, -0.15) is 4.37 Å². The van der Waals surface area contributed by atoms with Crippen LogP contribution in [-0.2, 0) is 10.0 Å². The van der Waals surface area contributed by atoms with Gasteiger partial charge in [0.05, 0.1) is 4.90 Å². The van der Waals surface area contributed by atoms with Crippen LogP contribution in [0.4, 0.5) is 5.13 Å². The van der Waals surface area contributed by atoms with Crippen molar-refractivity contribution in [3.63, 3.8) is 0 Å². The van der Waals surface area contributed by atoms with Gasteiger partial charge < -0.3 is 0 Å². The zero-order valence-electron chi connectivity index (χ0n) is 9.64. The Morgan fingerprint density at radius 3 is 2.67 bits per heavy atom. The molecule has 0 amide bonds. The van der Waals surface area contributed by atoms with E-state index in [1.54, 1.807) is 26.0 Å². The van der Waals surface area contributed by atoms with Crippen LogP contribution in [0.15, 0.2) is 23.1 Å². The quantitative estimate of drug-likeness (QED) is 0.946. The van der Waals surface area contributed by atoms with Crippen LogP contribution in [0.25, 0.3) is 0 Å². The molecule has 0 unspecified atom stereocenters. The van der Waals surface area contributed by atoms with Crippen molar-refractivity contribution < 1.29 is 8.42 Å². The van der Waals surface area contributed by atoms with E-state index in [0.717, 1.165) is 11.5 Å². The van der Waals surface area contributed by atoms with E-state index in [4.69, 9.17) is 11.6 Å². The molecule has 0 atom stereocenters. The third-order valence-corrected chi connectivity index (χ3v) is 5.00. The molecule has 1 aromatic carbocycles. The third kappa shape index (κ3) is 2.63. The first kappa shape index (κ1) is 13.3. The van der Waals surface area contributed by atoms with Gasteiger partial charge >= 0.3 is 0 Å². The first-order valence-corrected chi connectivity index (χ1v) is 7.62. The van der Waals surface area contributed by atoms with Gasteiger partial charge in [-0.1, -0.05) is 17.7 Å². The van der Waals surface area contributed by atoms with Crippen LogP contribution in [0.1, 0.15) is 11.4 Å². The molecular formula is C10H10ClN3O2S2. The molecular weight excluding hydrogens is 294 g/mol. The SMILES string of the molecule is Cc1nsc(NS(=O)(=O)c2cccc(Cl)c2C)n1. The zero-order chi connectivity index (χ0) is 13.3. The van der Waals surface area contributed by atoms with E-state index >= 15 is 0 Å². The maximum atomic E-state index is 12.2. The Balaban J connectivity index is 2.40. The Bertz CT molecular complexity index is 682. The van der Waals surface area contributed by atoms with Crippen LogP contribution in [0.5, 0.6) is 0 Å². The molecule has 0 aliphatic rings. The molecule has 2 rings (SSSR count). The van der Waals surface area contributed by atoms with Crippen molar-refractivity contribution in [2.24, 2.45) is 0 Å². The highest BCUT2D eigenvalue weighted by Gasteiger charge is 2.19. The first-order valence-electron chi connectivity index (χ1n) is 4.98. The molecule has 0 aliphatic carbocycles. The molecule has 8 heteroatoms. The number of hydrogen-bond acceptors (Lipinski definition) is 5. The van der Waals surface area contributed by atoms with Crippen molar-refractivity contribution in [1.29, 1.82) is 0 Å². The predicted octanol–water partition coefficient (Wildman–Crippen LogP) is 2.61. The summed E-state index contributed by atoms with van der Waals surface area (Å²) >= 11 is 6.91. The average Bonchev–Trinajstić information content (AvgIpc) is 2.67. The second-order valence-corrected chi connectivity index (χ2v) is 6.43. The van der Waals surface area contributed by atoms with Gasteiger partial charge in [0, 0.05) is 16.6 Å². The maximum Gasteiger partial charge on any atom is 0.264 e. The van der Waals surface area contributed by atoms with Gasteiger partial charge in [0.1, 0.15) is 5.82 Å². The monoisotopic (exact) mass is 303 g/mol. The topological polar surface area (TPSA) is 72.0 Å². The van der Waals surface area contributed by atoms with Gasteiger partial charge in [-0.15, -0.1) is 0 Å². The fourth-order valence-electron chi connectivity index (χ4n) is 1.39. The zero-order valence-corrected chi connectivity index (χ0v) is 12.0. The van der Waals surface area contributed by atoms with E-state index in [9.17, 15) is 8.42 Å². The Kier molecular flexibility index (Phi) is 3.56. The highest BCUT2D eigenvalue weighted by atomic mass is 35.5. The minimum Gasteiger partial charge on any atom is -0.253 e. The summed E-state index contributed by atoms with van der Waals surface area (Å²) in [5.74, 6) is 0.528. The number of nitrogens with zero attached hydrogens (tertiary/aromatic N) is 2. The van der Waals surface area contributed by atoms with E-state index in [1.165, 1.54) is 6.07 Å². The Labute approximate surface area is 114 Å². The molecule has 0 saturated heterocycles. The van der Waals surface area contributed by atoms with Crippen molar-refractivity contribution >= 4 is 38.3 Å². The van der Waals surface area contributed by atoms with E-state index in [1.807, 2.05) is 0 Å². The summed E-state index contributed by atoms with van der Waals surface area (Å²) in [6.45, 7) is 3.35. The van der Waals surface area contributed by atoms with E-state index < -0.39 is 10.0 Å². The summed E-state index contributed by atoms with van der Waals surface area (Å²) in [5.41, 5.74) is 0.507. The van der Waals surface area contributed by atoms with E-state index in [2.05, 4.69) is 14.1 Å². The van der Waals surface area contributed by atoms with Crippen LogP contribution < -0.4 is 4.72 Å². The summed E-state index contributed by atoms with van der Waals surface area (Å²) < 4.78 is 30.6. The lowest BCUT2D eigenvalue weighted by molar-refractivity contribution is 0.600. The molecule has 5 nitrogen and oxygen atoms in total. The molecule has 2 aromatic rings. The van der Waals surface area contributed by atoms with Gasteiger partial charge in [0.25, 0.3) is 10.0 Å². The van der Waals surface area contributed by atoms with Crippen LogP contribution >= 0.6 is 23.1 Å². The van der Waals surface area contributed by atoms with Gasteiger partial charge in [-0.3, -0.25) is 4.72 Å². The molecule has 0 radical (unpaired) electrons. The average molecular weight is 304 g/mol. The van der Waals surface area contributed by atoms with Gasteiger partial charge in [-0.25, -0.2) is 13.4 Å². The Hall–Kier alpha value is -1.18. The van der Waals surface area contributed by atoms with Crippen molar-refractivity contribution in [2.45, 2.75) is 18.7 Å². The van der Waals surface area contributed by atoms with Gasteiger partial charge in [-0.05, 0) is 31.5 Å². The lowest BCUT2D eigenvalue weighted by Crippen LogP contribution is -2.14. The normalized spacial score (nSPS) is 11.5. The Morgan fingerprint density at radius 1 is 1.33 bits per heavy atom. The number of nitrogens with one attached hydrogen (secondary N) is 1. The second kappa shape index (κ2) is 4.83. The lowest BCUT2D eigenvalue weighted by atomic mass is 10.2. The molecule has 18 heavy (non-hydrogen) atoms. The third-order valence-electron chi connectivity index (χ3n) is 2.26. The standard InChI is InChI=1S/C10H10ClN3O2S2/c1-6-8(11)4-3-5-9(6)18(15,16)14-10-12-7(2)13-17-10/h3-5H,1-2H3,(H,12,13,14). The van der Waals surface area contributed by atoms with Crippen molar-refractivity contribution in [3.8, 4) is 0 Å². The number of aryl methyl sites for hydroxylation is 1. The number of benzene rings is 1. The van der Waals surface area contributed by atoms with E-state index in [0.29, 0.717) is 16.4 Å². The number of hydrogen-bond donors (Lipinski definition) is 1. The number of halogens is 1. The summed E-state index contributed by atoms with van der Waals surface area (Å²) in [6, 6.07) is 4.73. The fraction of sp³-hybridized carbons (Fsp3) is 0.200. The number of anilines is 1. The van der Waals surface area contributed by atoms with Gasteiger partial charge in [0.2, 0.25) is 5.13 Å². The minimum atomic E-state index is -3.68. The smallest absolute Gasteiger partial charge is 0.253 e. The van der Waals surface area contributed by atoms with Crippen molar-refractivity contribution in [3.05, 3.63) is 34.6 Å². The second-order valence-electron chi connectivity index (χ2n) is 3.62. The molecule has 96 valence electrons. The van der Waals surface area contributed by atoms with Crippen molar-refractivity contribution in [2.75, 3.05) is 4.72 Å². The molecule has 1 aromatic heterocycles. The number of sulfonamides is 1. The molecule has 1 N–H and O–H groups in total. The largest absolute Gasteiger partial charge is 0.264 e. The van der Waals surface area contributed by atoms with Crippen LogP contribution in [0, 0.1) is 13.8 Å². The Morgan fingerprint density at radius 2 is 2.06 bits per heavy atom. The van der Waals surface area contributed by atoms with Crippen LogP contribution in [-0.4, -0.2) is 17.8 Å². The molecule has 0 spiro atoms. The van der Waals surface area contributed by atoms with E-state index in [-0.39, 0.29) is 10.0 Å². The van der Waals surface area contributed by atoms with Crippen LogP contribution in [0.3, 0.4) is 0 Å². The highest BCUT2D eigenvalue weighted by molar-refractivity contribution is 7.93. The number of aromatic nitrogens is 2. The maximum absolute atomic E-state index is 12.2. The van der Waals surface area contributed by atoms with Gasteiger partial charge in [0.15, 0.2) is 0 Å². The lowest BCUT2D eigenvalue weighted by Gasteiger charge is -2.08. The first-order chi connectivity index (χ1) is 8.40. The molecule has 0 fully saturated rings. The minimum absolute atomic E-state index is 0.142.